The van der Waals surface area contributed by atoms with E-state index >= 15 is 0 Å². The number of aromatic nitrogens is 1. The summed E-state index contributed by atoms with van der Waals surface area (Å²) >= 11 is 0. The van der Waals surface area contributed by atoms with Gasteiger partial charge in [0.1, 0.15) is 17.2 Å². The Kier molecular flexibility index (Phi) is 7.26. The highest BCUT2D eigenvalue weighted by atomic mass is 16.6. The predicted octanol–water partition coefficient (Wildman–Crippen LogP) is 4.10. The number of amides is 2. The van der Waals surface area contributed by atoms with E-state index in [9.17, 15) is 9.59 Å². The van der Waals surface area contributed by atoms with Gasteiger partial charge in [0.05, 0.1) is 7.11 Å². The number of rotatable bonds is 6. The van der Waals surface area contributed by atoms with Crippen LogP contribution in [-0.2, 0) is 4.74 Å². The number of methoxy groups -OCH3 is 1. The third kappa shape index (κ3) is 5.40. The molecule has 3 N–H and O–H groups in total. The standard InChI is InChI=1S/C18H22N6O4/c1-4-24(5-2)18(26)28-14-9-7-6-8-12(14)22-23-13-10-11-15(20-16(13)19)21-17(25)27-3/h6-11H,4-5H2,1-3H3,(H3,19,20,21,25)/b23-22+. The fourth-order valence-electron chi connectivity index (χ4n) is 2.15. The van der Waals surface area contributed by atoms with Gasteiger partial charge in [-0.1, -0.05) is 12.1 Å². The van der Waals surface area contributed by atoms with Crippen molar-refractivity contribution >= 4 is 35.2 Å². The normalized spacial score (nSPS) is 10.5. The van der Waals surface area contributed by atoms with Crippen LogP contribution in [0.4, 0.5) is 32.6 Å². The van der Waals surface area contributed by atoms with Crippen LogP contribution in [0.15, 0.2) is 46.6 Å². The topological polar surface area (TPSA) is 132 Å². The van der Waals surface area contributed by atoms with Crippen LogP contribution in [0, 0.1) is 0 Å². The van der Waals surface area contributed by atoms with Gasteiger partial charge in [-0.15, -0.1) is 10.2 Å². The number of pyridine rings is 1. The number of benzene rings is 1. The van der Waals surface area contributed by atoms with Crippen LogP contribution in [0.2, 0.25) is 0 Å². The molecule has 148 valence electrons. The minimum atomic E-state index is -0.662. The quantitative estimate of drug-likeness (QED) is 0.719. The van der Waals surface area contributed by atoms with E-state index in [2.05, 4.69) is 25.3 Å². The SMILES string of the molecule is CCN(CC)C(=O)Oc1ccccc1/N=N/c1ccc(NC(=O)OC)nc1N. The van der Waals surface area contributed by atoms with E-state index in [4.69, 9.17) is 10.5 Å². The minimum absolute atomic E-state index is 0.0651. The molecule has 1 heterocycles. The molecular formula is C18H22N6O4. The Morgan fingerprint density at radius 2 is 1.79 bits per heavy atom. The molecule has 0 unspecified atom stereocenters. The molecule has 10 nitrogen and oxygen atoms in total. The van der Waals surface area contributed by atoms with Gasteiger partial charge in [0.25, 0.3) is 0 Å². The number of nitrogens with one attached hydrogen (secondary N) is 1. The molecule has 2 amide bonds. The summed E-state index contributed by atoms with van der Waals surface area (Å²) in [6.07, 6.45) is -1.13. The molecule has 28 heavy (non-hydrogen) atoms. The highest BCUT2D eigenvalue weighted by Crippen LogP contribution is 2.30. The first-order valence-corrected chi connectivity index (χ1v) is 8.57. The van der Waals surface area contributed by atoms with Gasteiger partial charge in [-0.3, -0.25) is 5.32 Å². The lowest BCUT2D eigenvalue weighted by Gasteiger charge is -2.18. The lowest BCUT2D eigenvalue weighted by Crippen LogP contribution is -2.33. The summed E-state index contributed by atoms with van der Waals surface area (Å²) in [5.41, 5.74) is 6.50. The van der Waals surface area contributed by atoms with Gasteiger partial charge in [-0.05, 0) is 38.1 Å². The van der Waals surface area contributed by atoms with Crippen molar-refractivity contribution in [1.29, 1.82) is 0 Å². The van der Waals surface area contributed by atoms with Crippen molar-refractivity contribution in [2.45, 2.75) is 13.8 Å². The number of nitrogens with two attached hydrogens (primary N) is 1. The van der Waals surface area contributed by atoms with E-state index in [1.165, 1.54) is 13.2 Å². The van der Waals surface area contributed by atoms with Crippen molar-refractivity contribution in [2.24, 2.45) is 10.2 Å². The number of azo groups is 1. The molecule has 0 atom stereocenters. The first-order valence-electron chi connectivity index (χ1n) is 8.57. The number of carbonyl (C=O) groups excluding carboxylic acids is 2. The average Bonchev–Trinajstić information content (AvgIpc) is 2.69. The fraction of sp³-hybridized carbons (Fsp3) is 0.278. The molecule has 0 saturated heterocycles. The van der Waals surface area contributed by atoms with Crippen molar-refractivity contribution in [3.63, 3.8) is 0 Å². The van der Waals surface area contributed by atoms with E-state index in [1.54, 1.807) is 35.2 Å². The van der Waals surface area contributed by atoms with Gasteiger partial charge < -0.3 is 20.1 Å². The average molecular weight is 386 g/mol. The minimum Gasteiger partial charge on any atom is -0.453 e. The Labute approximate surface area is 162 Å². The van der Waals surface area contributed by atoms with Crippen molar-refractivity contribution in [3.05, 3.63) is 36.4 Å². The number of para-hydroxylation sites is 1. The van der Waals surface area contributed by atoms with Crippen molar-refractivity contribution in [3.8, 4) is 5.75 Å². The molecule has 0 fully saturated rings. The molecule has 10 heteroatoms. The van der Waals surface area contributed by atoms with Crippen LogP contribution in [-0.4, -0.2) is 42.3 Å². The maximum Gasteiger partial charge on any atom is 0.415 e. The summed E-state index contributed by atoms with van der Waals surface area (Å²) in [4.78, 5) is 28.9. The summed E-state index contributed by atoms with van der Waals surface area (Å²) < 4.78 is 9.90. The second kappa shape index (κ2) is 9.86. The lowest BCUT2D eigenvalue weighted by atomic mass is 10.3. The predicted molar refractivity (Wildman–Crippen MR) is 104 cm³/mol. The van der Waals surface area contributed by atoms with Gasteiger partial charge >= 0.3 is 12.2 Å². The van der Waals surface area contributed by atoms with Crippen LogP contribution in [0.1, 0.15) is 13.8 Å². The number of hydrogen-bond acceptors (Lipinski definition) is 8. The molecule has 2 rings (SSSR count). The summed E-state index contributed by atoms with van der Waals surface area (Å²) in [6.45, 7) is 4.80. The molecule has 2 aromatic rings. The van der Waals surface area contributed by atoms with Gasteiger partial charge in [0.15, 0.2) is 11.6 Å². The summed E-state index contributed by atoms with van der Waals surface area (Å²) in [5.74, 6) is 0.561. The third-order valence-electron chi connectivity index (χ3n) is 3.67. The lowest BCUT2D eigenvalue weighted by molar-refractivity contribution is 0.157. The summed E-state index contributed by atoms with van der Waals surface area (Å²) in [5, 5.41) is 10.6. The third-order valence-corrected chi connectivity index (χ3v) is 3.67. The van der Waals surface area contributed by atoms with Gasteiger partial charge in [-0.25, -0.2) is 14.6 Å². The number of nitrogen functional groups attached to an aromatic ring is 1. The number of carbonyl (C=O) groups is 2. The number of ether oxygens (including phenoxy) is 2. The van der Waals surface area contributed by atoms with E-state index in [0.29, 0.717) is 24.5 Å². The van der Waals surface area contributed by atoms with Crippen molar-refractivity contribution in [1.82, 2.24) is 9.88 Å². The molecule has 1 aromatic carbocycles. The van der Waals surface area contributed by atoms with Gasteiger partial charge in [0, 0.05) is 13.1 Å². The van der Waals surface area contributed by atoms with Crippen molar-refractivity contribution in [2.75, 3.05) is 31.2 Å². The van der Waals surface area contributed by atoms with E-state index < -0.39 is 12.2 Å². The molecule has 0 radical (unpaired) electrons. The van der Waals surface area contributed by atoms with Gasteiger partial charge in [0.2, 0.25) is 0 Å². The van der Waals surface area contributed by atoms with Crippen LogP contribution in [0.5, 0.6) is 5.75 Å². The van der Waals surface area contributed by atoms with Gasteiger partial charge in [-0.2, -0.15) is 0 Å². The van der Waals surface area contributed by atoms with E-state index in [0.717, 1.165) is 0 Å². The van der Waals surface area contributed by atoms with Crippen LogP contribution >= 0.6 is 0 Å². The van der Waals surface area contributed by atoms with E-state index in [1.807, 2.05) is 13.8 Å². The Bertz CT molecular complexity index is 867. The molecule has 0 saturated carbocycles. The van der Waals surface area contributed by atoms with E-state index in [-0.39, 0.29) is 17.4 Å². The van der Waals surface area contributed by atoms with Crippen molar-refractivity contribution < 1.29 is 19.1 Å². The summed E-state index contributed by atoms with van der Waals surface area (Å²) in [7, 11) is 1.24. The molecular weight excluding hydrogens is 364 g/mol. The fourth-order valence-corrected chi connectivity index (χ4v) is 2.15. The highest BCUT2D eigenvalue weighted by molar-refractivity contribution is 5.84. The Morgan fingerprint density at radius 3 is 2.43 bits per heavy atom. The molecule has 0 bridgehead atoms. The molecule has 0 aliphatic carbocycles. The maximum atomic E-state index is 12.2. The highest BCUT2D eigenvalue weighted by Gasteiger charge is 2.14. The zero-order chi connectivity index (χ0) is 20.5. The second-order valence-corrected chi connectivity index (χ2v) is 5.43. The Morgan fingerprint density at radius 1 is 1.11 bits per heavy atom. The number of nitrogens with zero attached hydrogens (tertiary/aromatic N) is 4. The Balaban J connectivity index is 2.18. The second-order valence-electron chi connectivity index (χ2n) is 5.43. The maximum absolute atomic E-state index is 12.2. The van der Waals surface area contributed by atoms with Crippen LogP contribution < -0.4 is 15.8 Å². The zero-order valence-electron chi connectivity index (χ0n) is 15.9. The first kappa shape index (κ1) is 20.6. The van der Waals surface area contributed by atoms with Crippen LogP contribution in [0.25, 0.3) is 0 Å². The monoisotopic (exact) mass is 386 g/mol. The number of hydrogen-bond donors (Lipinski definition) is 2. The Hall–Kier alpha value is -3.69. The van der Waals surface area contributed by atoms with Crippen LogP contribution in [0.3, 0.4) is 0 Å². The molecule has 0 spiro atoms. The first-order chi connectivity index (χ1) is 13.5. The zero-order valence-corrected chi connectivity index (χ0v) is 15.9. The molecule has 1 aromatic heterocycles. The summed E-state index contributed by atoms with van der Waals surface area (Å²) in [6, 6.07) is 9.81. The smallest absolute Gasteiger partial charge is 0.415 e. The largest absolute Gasteiger partial charge is 0.453 e. The number of anilines is 2. The molecule has 0 aliphatic rings. The molecule has 0 aliphatic heterocycles.